The van der Waals surface area contributed by atoms with Gasteiger partial charge in [0.05, 0.1) is 13.7 Å². The number of hydrogen-bond acceptors (Lipinski definition) is 2. The second-order valence-corrected chi connectivity index (χ2v) is 4.38. The van der Waals surface area contributed by atoms with Crippen LogP contribution < -0.4 is 0 Å². The summed E-state index contributed by atoms with van der Waals surface area (Å²) < 4.78 is 24.0. The highest BCUT2D eigenvalue weighted by atomic mass is 19.1. The Kier molecular flexibility index (Phi) is 8.25. The summed E-state index contributed by atoms with van der Waals surface area (Å²) in [5.41, 5.74) is 2.10. The van der Waals surface area contributed by atoms with Crippen LogP contribution in [0.15, 0.2) is 72.3 Å². The van der Waals surface area contributed by atoms with Gasteiger partial charge in [-0.1, -0.05) is 31.9 Å². The van der Waals surface area contributed by atoms with Crippen molar-refractivity contribution >= 4 is 0 Å². The van der Waals surface area contributed by atoms with E-state index in [0.29, 0.717) is 29.9 Å². The lowest BCUT2D eigenvalue weighted by Crippen LogP contribution is -1.99. The first-order valence-electron chi connectivity index (χ1n) is 6.17. The van der Waals surface area contributed by atoms with E-state index < -0.39 is 5.83 Å². The van der Waals surface area contributed by atoms with Gasteiger partial charge in [0, 0.05) is 12.7 Å². The molecule has 0 N–H and O–H groups in total. The molecule has 0 heterocycles. The van der Waals surface area contributed by atoms with Crippen LogP contribution in [0.5, 0.6) is 0 Å². The molecule has 0 aliphatic heterocycles. The summed E-state index contributed by atoms with van der Waals surface area (Å²) in [7, 11) is 3.12. The highest BCUT2D eigenvalue weighted by Crippen LogP contribution is 2.27. The molecular formula is C17H23FO2. The fourth-order valence-corrected chi connectivity index (χ4v) is 1.42. The molecule has 0 aliphatic carbocycles. The van der Waals surface area contributed by atoms with Crippen molar-refractivity contribution in [2.75, 3.05) is 20.8 Å². The minimum absolute atomic E-state index is 0.222. The van der Waals surface area contributed by atoms with Crippen molar-refractivity contribution in [3.63, 3.8) is 0 Å². The maximum Gasteiger partial charge on any atom is 0.130 e. The van der Waals surface area contributed by atoms with Gasteiger partial charge in [0.2, 0.25) is 0 Å². The average Bonchev–Trinajstić information content (AvgIpc) is 2.40. The minimum atomic E-state index is -0.450. The summed E-state index contributed by atoms with van der Waals surface area (Å²) in [6.07, 6.45) is 3.60. The molecule has 0 saturated carbocycles. The van der Waals surface area contributed by atoms with E-state index in [0.717, 1.165) is 5.57 Å². The molecule has 0 radical (unpaired) electrons. The zero-order valence-electron chi connectivity index (χ0n) is 12.6. The number of halogens is 1. The average molecular weight is 278 g/mol. The van der Waals surface area contributed by atoms with Gasteiger partial charge in [0.25, 0.3) is 0 Å². The molecule has 0 aromatic rings. The molecule has 0 amide bonds. The van der Waals surface area contributed by atoms with Gasteiger partial charge < -0.3 is 9.47 Å². The molecule has 20 heavy (non-hydrogen) atoms. The minimum Gasteiger partial charge on any atom is -0.497 e. The first-order chi connectivity index (χ1) is 9.33. The van der Waals surface area contributed by atoms with Crippen molar-refractivity contribution in [3.8, 4) is 0 Å². The van der Waals surface area contributed by atoms with Gasteiger partial charge in [-0.3, -0.25) is 0 Å². The Morgan fingerprint density at radius 1 is 1.05 bits per heavy atom. The van der Waals surface area contributed by atoms with Crippen LogP contribution in [0, 0.1) is 0 Å². The topological polar surface area (TPSA) is 18.5 Å². The summed E-state index contributed by atoms with van der Waals surface area (Å²) in [5.74, 6) is 0.0168. The molecule has 0 unspecified atom stereocenters. The number of hydrogen-bond donors (Lipinski definition) is 0. The largest absolute Gasteiger partial charge is 0.497 e. The molecule has 0 bridgehead atoms. The molecule has 0 aromatic carbocycles. The fourth-order valence-electron chi connectivity index (χ4n) is 1.42. The molecule has 0 rings (SSSR count). The molecule has 110 valence electrons. The van der Waals surface area contributed by atoms with Gasteiger partial charge in [-0.25, -0.2) is 4.39 Å². The first kappa shape index (κ1) is 18.1. The van der Waals surface area contributed by atoms with Crippen LogP contribution in [-0.2, 0) is 9.47 Å². The van der Waals surface area contributed by atoms with Gasteiger partial charge in [-0.15, -0.1) is 0 Å². The third-order valence-corrected chi connectivity index (χ3v) is 2.59. The lowest BCUT2D eigenvalue weighted by atomic mass is 9.96. The lowest BCUT2D eigenvalue weighted by molar-refractivity contribution is 0.202. The SMILES string of the molecule is C=C(C)/C=C(/F)C(=C)C(=C)/C(=C\C(=C)OC)CCOC. The lowest BCUT2D eigenvalue weighted by Gasteiger charge is -2.13. The number of rotatable bonds is 9. The Bertz CT molecular complexity index is 467. The number of methoxy groups -OCH3 is 2. The molecule has 0 aliphatic rings. The van der Waals surface area contributed by atoms with Crippen molar-refractivity contribution in [2.24, 2.45) is 0 Å². The van der Waals surface area contributed by atoms with E-state index in [1.807, 2.05) is 0 Å². The van der Waals surface area contributed by atoms with Crippen molar-refractivity contribution < 1.29 is 13.9 Å². The van der Waals surface area contributed by atoms with E-state index in [9.17, 15) is 4.39 Å². The van der Waals surface area contributed by atoms with Crippen molar-refractivity contribution in [1.82, 2.24) is 0 Å². The second-order valence-electron chi connectivity index (χ2n) is 4.38. The second kappa shape index (κ2) is 9.10. The predicted octanol–water partition coefficient (Wildman–Crippen LogP) is 4.65. The maximum atomic E-state index is 13.9. The van der Waals surface area contributed by atoms with Crippen LogP contribution in [-0.4, -0.2) is 20.8 Å². The smallest absolute Gasteiger partial charge is 0.130 e. The highest BCUT2D eigenvalue weighted by molar-refractivity contribution is 5.53. The van der Waals surface area contributed by atoms with Gasteiger partial charge in [0.15, 0.2) is 0 Å². The summed E-state index contributed by atoms with van der Waals surface area (Å²) in [4.78, 5) is 0. The third kappa shape index (κ3) is 6.34. The van der Waals surface area contributed by atoms with Crippen LogP contribution in [0.4, 0.5) is 4.39 Å². The summed E-state index contributed by atoms with van der Waals surface area (Å²) in [5, 5.41) is 0. The van der Waals surface area contributed by atoms with E-state index in [1.54, 1.807) is 20.1 Å². The van der Waals surface area contributed by atoms with Crippen LogP contribution in [0.3, 0.4) is 0 Å². The van der Waals surface area contributed by atoms with Gasteiger partial charge >= 0.3 is 0 Å². The van der Waals surface area contributed by atoms with Crippen LogP contribution in [0.25, 0.3) is 0 Å². The molecular weight excluding hydrogens is 255 g/mol. The van der Waals surface area contributed by atoms with Crippen LogP contribution in [0.1, 0.15) is 13.3 Å². The molecule has 2 nitrogen and oxygen atoms in total. The van der Waals surface area contributed by atoms with Crippen molar-refractivity contribution in [1.29, 1.82) is 0 Å². The van der Waals surface area contributed by atoms with Crippen molar-refractivity contribution in [2.45, 2.75) is 13.3 Å². The van der Waals surface area contributed by atoms with E-state index in [4.69, 9.17) is 9.47 Å². The Labute approximate surface area is 121 Å². The van der Waals surface area contributed by atoms with Gasteiger partial charge in [0.1, 0.15) is 11.6 Å². The third-order valence-electron chi connectivity index (χ3n) is 2.59. The summed E-state index contributed by atoms with van der Waals surface area (Å²) in [6, 6.07) is 0. The van der Waals surface area contributed by atoms with Gasteiger partial charge in [-0.2, -0.15) is 0 Å². The zero-order valence-corrected chi connectivity index (χ0v) is 12.6. The predicted molar refractivity (Wildman–Crippen MR) is 83.0 cm³/mol. The molecule has 0 fully saturated rings. The van der Waals surface area contributed by atoms with E-state index in [1.165, 1.54) is 13.2 Å². The van der Waals surface area contributed by atoms with Crippen LogP contribution >= 0.6 is 0 Å². The Balaban J connectivity index is 5.23. The van der Waals surface area contributed by atoms with Gasteiger partial charge in [-0.05, 0) is 36.6 Å². The Morgan fingerprint density at radius 3 is 2.10 bits per heavy atom. The van der Waals surface area contributed by atoms with E-state index in [-0.39, 0.29) is 5.57 Å². The standard InChI is InChI=1S/C17H23FO2/c1-12(2)10-17(18)15(5)14(4)16(8-9-19-6)11-13(3)20-7/h10-11H,1,3-5,8-9H2,2,6-7H3/b16-11-,17-10+. The van der Waals surface area contributed by atoms with E-state index in [2.05, 4.69) is 26.3 Å². The molecule has 0 aromatic heterocycles. The first-order valence-corrected chi connectivity index (χ1v) is 6.17. The molecule has 0 atom stereocenters. The normalized spacial score (nSPS) is 12.0. The van der Waals surface area contributed by atoms with E-state index >= 15 is 0 Å². The van der Waals surface area contributed by atoms with Crippen LogP contribution in [0.2, 0.25) is 0 Å². The maximum absolute atomic E-state index is 13.9. The fraction of sp³-hybridized carbons (Fsp3) is 0.294. The summed E-state index contributed by atoms with van der Waals surface area (Å²) >= 11 is 0. The monoisotopic (exact) mass is 278 g/mol. The Morgan fingerprint density at radius 2 is 1.65 bits per heavy atom. The Hall–Kier alpha value is -1.87. The zero-order chi connectivity index (χ0) is 15.7. The molecule has 3 heteroatoms. The number of allylic oxidation sites excluding steroid dienone is 6. The molecule has 0 saturated heterocycles. The quantitative estimate of drug-likeness (QED) is 0.451. The highest BCUT2D eigenvalue weighted by Gasteiger charge is 2.11. The summed E-state index contributed by atoms with van der Waals surface area (Å²) in [6.45, 7) is 17.2. The van der Waals surface area contributed by atoms with Crippen molar-refractivity contribution in [3.05, 3.63) is 72.3 Å². The molecule has 0 spiro atoms. The number of ether oxygens (including phenoxy) is 2.